The molecule has 0 spiro atoms. The van der Waals surface area contributed by atoms with Gasteiger partial charge < -0.3 is 10.6 Å². The quantitative estimate of drug-likeness (QED) is 0.251. The van der Waals surface area contributed by atoms with Crippen LogP contribution in [0.25, 0.3) is 0 Å². The minimum absolute atomic E-state index is 0.0158. The van der Waals surface area contributed by atoms with Gasteiger partial charge in [0.2, 0.25) is 5.91 Å². The SMILES string of the molecule is CC[N+](CC)(CC)N(c1ccccc1)C1(NC(C)=O)C(=O)N(c2ccccc2)N=C1NC(=O)c1ccccc1. The van der Waals surface area contributed by atoms with Crippen molar-refractivity contribution in [2.45, 2.75) is 33.4 Å². The molecule has 3 aromatic carbocycles. The van der Waals surface area contributed by atoms with Crippen molar-refractivity contribution in [3.63, 3.8) is 0 Å². The zero-order valence-corrected chi connectivity index (χ0v) is 22.8. The fourth-order valence-corrected chi connectivity index (χ4v) is 5.13. The Morgan fingerprint density at radius 1 is 0.846 bits per heavy atom. The third-order valence-electron chi connectivity index (χ3n) is 7.18. The third-order valence-corrected chi connectivity index (χ3v) is 7.18. The average molecular weight is 528 g/mol. The second-order valence-corrected chi connectivity index (χ2v) is 9.30. The minimum atomic E-state index is -1.85. The van der Waals surface area contributed by atoms with Crippen LogP contribution in [0.15, 0.2) is 96.1 Å². The molecule has 4 rings (SSSR count). The Bertz CT molecular complexity index is 1330. The van der Waals surface area contributed by atoms with E-state index >= 15 is 0 Å². The lowest BCUT2D eigenvalue weighted by Crippen LogP contribution is -2.80. The number of para-hydroxylation sites is 2. The van der Waals surface area contributed by atoms with Crippen molar-refractivity contribution < 1.29 is 19.0 Å². The summed E-state index contributed by atoms with van der Waals surface area (Å²) in [5.74, 6) is -1.37. The van der Waals surface area contributed by atoms with Gasteiger partial charge in [0.1, 0.15) is 0 Å². The summed E-state index contributed by atoms with van der Waals surface area (Å²) < 4.78 is 0.304. The van der Waals surface area contributed by atoms with Gasteiger partial charge in [-0.1, -0.05) is 54.6 Å². The molecule has 3 aromatic rings. The van der Waals surface area contributed by atoms with Crippen LogP contribution < -0.4 is 20.7 Å². The molecular weight excluding hydrogens is 492 g/mol. The zero-order chi connectivity index (χ0) is 28.0. The van der Waals surface area contributed by atoms with E-state index in [1.54, 1.807) is 48.5 Å². The lowest BCUT2D eigenvalue weighted by molar-refractivity contribution is -0.934. The van der Waals surface area contributed by atoms with Crippen LogP contribution in [-0.4, -0.2) is 53.4 Å². The van der Waals surface area contributed by atoms with Gasteiger partial charge in [-0.25, -0.2) is 4.59 Å². The fraction of sp³-hybridized carbons (Fsp3) is 0.267. The normalized spacial score (nSPS) is 17.0. The number of benzene rings is 3. The molecule has 0 aromatic heterocycles. The second kappa shape index (κ2) is 11.5. The van der Waals surface area contributed by atoms with Crippen molar-refractivity contribution >= 4 is 34.9 Å². The summed E-state index contributed by atoms with van der Waals surface area (Å²) in [4.78, 5) is 41.1. The molecule has 3 amide bonds. The number of amides is 3. The maximum Gasteiger partial charge on any atom is 0.307 e. The number of hydrogen-bond acceptors (Lipinski definition) is 5. The van der Waals surface area contributed by atoms with Gasteiger partial charge in [0, 0.05) is 12.5 Å². The Labute approximate surface area is 229 Å². The fourth-order valence-electron chi connectivity index (χ4n) is 5.13. The van der Waals surface area contributed by atoms with Crippen molar-refractivity contribution in [1.29, 1.82) is 0 Å². The van der Waals surface area contributed by atoms with Gasteiger partial charge in [0.15, 0.2) is 5.84 Å². The Balaban J connectivity index is 2.01. The first-order valence-electron chi connectivity index (χ1n) is 13.2. The van der Waals surface area contributed by atoms with Crippen LogP contribution in [0, 0.1) is 0 Å². The highest BCUT2D eigenvalue weighted by Gasteiger charge is 2.63. The standard InChI is InChI=1S/C30H34N6O3/c1-5-36(6-2,7-3)35(26-21-15-10-16-22-26)30(32-23(4)37)28(31-27(38)24-17-11-8-12-18-24)33-34(29(30)39)25-19-13-9-14-20-25/h8-22H,5-7H2,1-4H3,(H-,31,32,33,37,38)/p+1. The van der Waals surface area contributed by atoms with E-state index in [1.807, 2.05) is 68.2 Å². The maximum absolute atomic E-state index is 14.7. The van der Waals surface area contributed by atoms with E-state index in [4.69, 9.17) is 0 Å². The molecule has 0 saturated heterocycles. The smallest absolute Gasteiger partial charge is 0.307 e. The van der Waals surface area contributed by atoms with Crippen LogP contribution in [-0.2, 0) is 9.59 Å². The molecule has 1 atom stereocenters. The highest BCUT2D eigenvalue weighted by Crippen LogP contribution is 2.37. The lowest BCUT2D eigenvalue weighted by Gasteiger charge is -2.52. The van der Waals surface area contributed by atoms with E-state index < -0.39 is 23.4 Å². The number of carbonyl (C=O) groups excluding carboxylic acids is 3. The molecule has 202 valence electrons. The lowest BCUT2D eigenvalue weighted by atomic mass is 10.0. The molecule has 2 N–H and O–H groups in total. The van der Waals surface area contributed by atoms with Crippen molar-refractivity contribution in [3.05, 3.63) is 96.6 Å². The first-order valence-corrected chi connectivity index (χ1v) is 13.2. The number of nitrogens with one attached hydrogen (secondary N) is 2. The van der Waals surface area contributed by atoms with Gasteiger partial charge in [0.05, 0.1) is 31.0 Å². The highest BCUT2D eigenvalue weighted by atomic mass is 16.2. The summed E-state index contributed by atoms with van der Waals surface area (Å²) in [6.45, 7) is 9.32. The minimum Gasteiger partial charge on any atom is -0.315 e. The molecule has 0 fully saturated rings. The van der Waals surface area contributed by atoms with Gasteiger partial charge in [-0.2, -0.15) is 10.0 Å². The van der Waals surface area contributed by atoms with Gasteiger partial charge in [-0.3, -0.25) is 14.4 Å². The topological polar surface area (TPSA) is 94.1 Å². The Hall–Kier alpha value is -4.50. The van der Waals surface area contributed by atoms with E-state index in [9.17, 15) is 14.4 Å². The van der Waals surface area contributed by atoms with Crippen LogP contribution in [0.3, 0.4) is 0 Å². The summed E-state index contributed by atoms with van der Waals surface area (Å²) in [5.41, 5.74) is -0.246. The van der Waals surface area contributed by atoms with E-state index in [2.05, 4.69) is 15.7 Å². The first-order chi connectivity index (χ1) is 18.8. The molecule has 0 bridgehead atoms. The first kappa shape index (κ1) is 27.5. The van der Waals surface area contributed by atoms with Gasteiger partial charge >= 0.3 is 11.6 Å². The number of carbonyl (C=O) groups is 3. The number of hydrazone groups is 1. The van der Waals surface area contributed by atoms with Crippen LogP contribution >= 0.6 is 0 Å². The molecule has 1 heterocycles. The van der Waals surface area contributed by atoms with Crippen molar-refractivity contribution in [2.75, 3.05) is 29.7 Å². The number of anilines is 2. The number of amidine groups is 1. The molecule has 0 aliphatic carbocycles. The largest absolute Gasteiger partial charge is 0.315 e. The van der Waals surface area contributed by atoms with Crippen molar-refractivity contribution in [3.8, 4) is 0 Å². The molecule has 39 heavy (non-hydrogen) atoms. The molecule has 1 aliphatic heterocycles. The maximum atomic E-state index is 14.7. The predicted molar refractivity (Wildman–Crippen MR) is 153 cm³/mol. The number of nitrogens with zero attached hydrogens (tertiary/aromatic N) is 4. The molecule has 0 saturated carbocycles. The summed E-state index contributed by atoms with van der Waals surface area (Å²) in [6, 6.07) is 27.1. The van der Waals surface area contributed by atoms with Crippen LogP contribution in [0.2, 0.25) is 0 Å². The summed E-state index contributed by atoms with van der Waals surface area (Å²) in [6.07, 6.45) is 0. The van der Waals surface area contributed by atoms with E-state index in [0.717, 1.165) is 0 Å². The zero-order valence-electron chi connectivity index (χ0n) is 22.8. The molecule has 1 unspecified atom stereocenters. The molecule has 1 aliphatic rings. The van der Waals surface area contributed by atoms with E-state index in [-0.39, 0.29) is 5.84 Å². The Morgan fingerprint density at radius 3 is 1.87 bits per heavy atom. The number of quaternary nitrogens is 1. The van der Waals surface area contributed by atoms with Crippen LogP contribution in [0.5, 0.6) is 0 Å². The molecule has 9 nitrogen and oxygen atoms in total. The number of rotatable bonds is 9. The van der Waals surface area contributed by atoms with Crippen molar-refractivity contribution in [1.82, 2.24) is 10.6 Å². The number of hydrogen-bond donors (Lipinski definition) is 2. The Morgan fingerprint density at radius 2 is 1.36 bits per heavy atom. The third kappa shape index (κ3) is 5.00. The molecule has 9 heteroatoms. The highest BCUT2D eigenvalue weighted by molar-refractivity contribution is 6.28. The Kier molecular flexibility index (Phi) is 8.11. The van der Waals surface area contributed by atoms with Gasteiger partial charge in [0.25, 0.3) is 5.91 Å². The monoisotopic (exact) mass is 527 g/mol. The van der Waals surface area contributed by atoms with Gasteiger partial charge in [-0.15, -0.1) is 5.10 Å². The second-order valence-electron chi connectivity index (χ2n) is 9.30. The predicted octanol–water partition coefficient (Wildman–Crippen LogP) is 3.91. The summed E-state index contributed by atoms with van der Waals surface area (Å²) in [7, 11) is 0. The summed E-state index contributed by atoms with van der Waals surface area (Å²) >= 11 is 0. The van der Waals surface area contributed by atoms with E-state index in [1.165, 1.54) is 11.9 Å². The van der Waals surface area contributed by atoms with Crippen LogP contribution in [0.4, 0.5) is 11.4 Å². The van der Waals surface area contributed by atoms with Crippen LogP contribution in [0.1, 0.15) is 38.1 Å². The van der Waals surface area contributed by atoms with Gasteiger partial charge in [-0.05, 0) is 57.2 Å². The molecular formula is C30H35N6O3+. The van der Waals surface area contributed by atoms with Crippen molar-refractivity contribution in [2.24, 2.45) is 5.10 Å². The average Bonchev–Trinajstić information content (AvgIpc) is 3.23. The summed E-state index contributed by atoms with van der Waals surface area (Å²) in [5, 5.41) is 13.7. The van der Waals surface area contributed by atoms with E-state index in [0.29, 0.717) is 41.2 Å². The molecule has 0 radical (unpaired) electrons.